The minimum atomic E-state index is -4.99. The summed E-state index contributed by atoms with van der Waals surface area (Å²) in [6.45, 7) is 1.27. The molecule has 1 aromatic rings. The molecule has 1 aliphatic heterocycles. The van der Waals surface area contributed by atoms with Gasteiger partial charge in [-0.2, -0.15) is 26.3 Å². The Kier molecular flexibility index (Phi) is 5.25. The predicted octanol–water partition coefficient (Wildman–Crippen LogP) is 3.95. The Balaban J connectivity index is 2.52. The van der Waals surface area contributed by atoms with Crippen LogP contribution in [-0.4, -0.2) is 29.9 Å². The van der Waals surface area contributed by atoms with Crippen molar-refractivity contribution in [1.29, 1.82) is 0 Å². The van der Waals surface area contributed by atoms with Crippen molar-refractivity contribution in [2.45, 2.75) is 44.2 Å². The minimum absolute atomic E-state index is 0.0137. The Morgan fingerprint density at radius 3 is 2.04 bits per heavy atom. The van der Waals surface area contributed by atoms with Crippen LogP contribution in [0.3, 0.4) is 0 Å². The van der Waals surface area contributed by atoms with Gasteiger partial charge in [0.25, 0.3) is 0 Å². The number of carbonyl (C=O) groups is 2. The first-order valence-electron chi connectivity index (χ1n) is 7.54. The molecule has 1 fully saturated rings. The number of hydrogen-bond acceptors (Lipinski definition) is 3. The fourth-order valence-corrected chi connectivity index (χ4v) is 2.94. The molecule has 4 nitrogen and oxygen atoms in total. The van der Waals surface area contributed by atoms with E-state index in [9.17, 15) is 35.9 Å². The highest BCUT2D eigenvalue weighted by Gasteiger charge is 2.42. The van der Waals surface area contributed by atoms with Gasteiger partial charge >= 0.3 is 18.3 Å². The summed E-state index contributed by atoms with van der Waals surface area (Å²) in [7, 11) is 1.08. The van der Waals surface area contributed by atoms with Crippen molar-refractivity contribution >= 4 is 11.9 Å². The third kappa shape index (κ3) is 3.94. The van der Waals surface area contributed by atoms with Gasteiger partial charge in [-0.1, -0.05) is 0 Å². The Hall–Kier alpha value is -2.26. The van der Waals surface area contributed by atoms with Gasteiger partial charge in [0.2, 0.25) is 5.91 Å². The third-order valence-electron chi connectivity index (χ3n) is 4.24. The summed E-state index contributed by atoms with van der Waals surface area (Å²) in [6.07, 6.45) is -9.95. The van der Waals surface area contributed by atoms with Crippen LogP contribution in [0.4, 0.5) is 26.3 Å². The van der Waals surface area contributed by atoms with Gasteiger partial charge in [0, 0.05) is 6.42 Å². The molecular weight excluding hydrogens is 368 g/mol. The highest BCUT2D eigenvalue weighted by atomic mass is 19.4. The van der Waals surface area contributed by atoms with E-state index in [2.05, 4.69) is 4.74 Å². The molecule has 144 valence electrons. The molecule has 0 aromatic heterocycles. The van der Waals surface area contributed by atoms with E-state index < -0.39 is 47.4 Å². The molecule has 0 bridgehead atoms. The van der Waals surface area contributed by atoms with Crippen LogP contribution in [0.15, 0.2) is 18.2 Å². The number of likely N-dealkylation sites (tertiary alicyclic amines) is 1. The zero-order chi connectivity index (χ0) is 19.9. The van der Waals surface area contributed by atoms with E-state index in [-0.39, 0.29) is 24.5 Å². The monoisotopic (exact) mass is 383 g/mol. The number of amides is 1. The van der Waals surface area contributed by atoms with Crippen LogP contribution in [0.5, 0.6) is 0 Å². The number of methoxy groups -OCH3 is 1. The fraction of sp³-hybridized carbons (Fsp3) is 0.500. The summed E-state index contributed by atoms with van der Waals surface area (Å²) in [4.78, 5) is 24.8. The molecule has 1 aromatic carbocycles. The Bertz CT molecular complexity index is 681. The van der Waals surface area contributed by atoms with Gasteiger partial charge in [-0.15, -0.1) is 0 Å². The van der Waals surface area contributed by atoms with E-state index in [1.54, 1.807) is 0 Å². The molecule has 1 saturated heterocycles. The number of esters is 1. The number of carbonyl (C=O) groups excluding carboxylic acids is 2. The quantitative estimate of drug-likeness (QED) is 0.587. The van der Waals surface area contributed by atoms with Crippen LogP contribution in [-0.2, 0) is 26.7 Å². The summed E-state index contributed by atoms with van der Waals surface area (Å²) < 4.78 is 82.5. The Morgan fingerprint density at radius 2 is 1.62 bits per heavy atom. The van der Waals surface area contributed by atoms with Gasteiger partial charge in [-0.3, -0.25) is 4.79 Å². The SMILES string of the molecule is COC(=O)C1CCC(=O)N1C(C)c1cc(C(F)(F)F)cc(C(F)(F)F)c1. The van der Waals surface area contributed by atoms with Crippen molar-refractivity contribution in [2.75, 3.05) is 7.11 Å². The second kappa shape index (κ2) is 6.81. The first-order valence-corrected chi connectivity index (χ1v) is 7.54. The van der Waals surface area contributed by atoms with Gasteiger partial charge in [-0.25, -0.2) is 4.79 Å². The number of hydrogen-bond donors (Lipinski definition) is 0. The number of alkyl halides is 6. The van der Waals surface area contributed by atoms with Gasteiger partial charge in [0.15, 0.2) is 0 Å². The van der Waals surface area contributed by atoms with E-state index in [1.807, 2.05) is 0 Å². The van der Waals surface area contributed by atoms with Crippen molar-refractivity contribution < 1.29 is 40.7 Å². The van der Waals surface area contributed by atoms with Crippen LogP contribution in [0.1, 0.15) is 42.5 Å². The highest BCUT2D eigenvalue weighted by molar-refractivity contribution is 5.88. The Morgan fingerprint density at radius 1 is 1.12 bits per heavy atom. The largest absolute Gasteiger partial charge is 0.467 e. The van der Waals surface area contributed by atoms with E-state index in [0.29, 0.717) is 12.1 Å². The summed E-state index contributed by atoms with van der Waals surface area (Å²) in [5, 5.41) is 0. The predicted molar refractivity (Wildman–Crippen MR) is 76.7 cm³/mol. The molecule has 0 radical (unpaired) electrons. The zero-order valence-corrected chi connectivity index (χ0v) is 13.7. The maximum atomic E-state index is 13.0. The molecule has 0 saturated carbocycles. The Labute approximate surface area is 144 Å². The summed E-state index contributed by atoms with van der Waals surface area (Å²) in [5.41, 5.74) is -3.32. The molecule has 1 heterocycles. The van der Waals surface area contributed by atoms with E-state index in [0.717, 1.165) is 12.0 Å². The zero-order valence-electron chi connectivity index (χ0n) is 13.7. The molecule has 1 aliphatic rings. The average molecular weight is 383 g/mol. The average Bonchev–Trinajstić information content (AvgIpc) is 2.93. The number of ether oxygens (including phenoxy) is 1. The summed E-state index contributed by atoms with van der Waals surface area (Å²) in [5.74, 6) is -1.32. The van der Waals surface area contributed by atoms with Crippen molar-refractivity contribution in [3.63, 3.8) is 0 Å². The first-order chi connectivity index (χ1) is 11.9. The fourth-order valence-electron chi connectivity index (χ4n) is 2.94. The minimum Gasteiger partial charge on any atom is -0.467 e. The lowest BCUT2D eigenvalue weighted by molar-refractivity contribution is -0.151. The van der Waals surface area contributed by atoms with Crippen molar-refractivity contribution in [3.05, 3.63) is 34.9 Å². The van der Waals surface area contributed by atoms with Crippen LogP contribution < -0.4 is 0 Å². The molecular formula is C16H15F6NO3. The lowest BCUT2D eigenvalue weighted by Crippen LogP contribution is -2.41. The second-order valence-corrected chi connectivity index (χ2v) is 5.89. The lowest BCUT2D eigenvalue weighted by atomic mass is 9.99. The number of nitrogens with zero attached hydrogens (tertiary/aromatic N) is 1. The first kappa shape index (κ1) is 20.1. The topological polar surface area (TPSA) is 46.6 Å². The summed E-state index contributed by atoms with van der Waals surface area (Å²) in [6, 6.07) is -1.09. The molecule has 0 aliphatic carbocycles. The van der Waals surface area contributed by atoms with Crippen molar-refractivity contribution in [3.8, 4) is 0 Å². The van der Waals surface area contributed by atoms with E-state index in [1.165, 1.54) is 6.92 Å². The molecule has 0 spiro atoms. The van der Waals surface area contributed by atoms with Crippen molar-refractivity contribution in [1.82, 2.24) is 4.90 Å². The maximum Gasteiger partial charge on any atom is 0.416 e. The van der Waals surface area contributed by atoms with Gasteiger partial charge in [-0.05, 0) is 37.1 Å². The van der Waals surface area contributed by atoms with Gasteiger partial charge in [0.05, 0.1) is 24.3 Å². The maximum absolute atomic E-state index is 13.0. The molecule has 1 amide bonds. The number of rotatable bonds is 3. The van der Waals surface area contributed by atoms with E-state index in [4.69, 9.17) is 0 Å². The van der Waals surface area contributed by atoms with E-state index >= 15 is 0 Å². The highest BCUT2D eigenvalue weighted by Crippen LogP contribution is 2.39. The molecule has 10 heteroatoms. The smallest absolute Gasteiger partial charge is 0.416 e. The van der Waals surface area contributed by atoms with Gasteiger partial charge < -0.3 is 9.64 Å². The molecule has 2 unspecified atom stereocenters. The van der Waals surface area contributed by atoms with Crippen molar-refractivity contribution in [2.24, 2.45) is 0 Å². The number of benzene rings is 1. The van der Waals surface area contributed by atoms with Crippen LogP contribution in [0.25, 0.3) is 0 Å². The molecule has 0 N–H and O–H groups in total. The normalized spacial score (nSPS) is 19.6. The van der Waals surface area contributed by atoms with Crippen LogP contribution in [0, 0.1) is 0 Å². The molecule has 2 rings (SSSR count). The van der Waals surface area contributed by atoms with Crippen LogP contribution in [0.2, 0.25) is 0 Å². The molecule has 2 atom stereocenters. The number of halogens is 6. The van der Waals surface area contributed by atoms with Crippen LogP contribution >= 0.6 is 0 Å². The molecule has 26 heavy (non-hydrogen) atoms. The lowest BCUT2D eigenvalue weighted by Gasteiger charge is -2.30. The van der Waals surface area contributed by atoms with Gasteiger partial charge in [0.1, 0.15) is 6.04 Å². The summed E-state index contributed by atoms with van der Waals surface area (Å²) >= 11 is 0. The standard InChI is InChI=1S/C16H15F6NO3/c1-8(23-12(14(25)26-2)3-4-13(23)24)9-5-10(15(17,18)19)7-11(6-9)16(20,21)22/h5-8,12H,3-4H2,1-2H3. The second-order valence-electron chi connectivity index (χ2n) is 5.89. The third-order valence-corrected chi connectivity index (χ3v) is 4.24.